The van der Waals surface area contributed by atoms with Crippen LogP contribution in [0.5, 0.6) is 11.5 Å². The lowest BCUT2D eigenvalue weighted by Crippen LogP contribution is -2.42. The summed E-state index contributed by atoms with van der Waals surface area (Å²) in [5, 5.41) is 10.1. The van der Waals surface area contributed by atoms with Crippen LogP contribution in [0, 0.1) is 0 Å². The molecule has 2 heterocycles. The maximum atomic E-state index is 13.2. The first-order chi connectivity index (χ1) is 14.9. The van der Waals surface area contributed by atoms with Crippen LogP contribution in [0.4, 0.5) is 0 Å². The van der Waals surface area contributed by atoms with Gasteiger partial charge in [0.15, 0.2) is 23.9 Å². The summed E-state index contributed by atoms with van der Waals surface area (Å²) >= 11 is 0. The smallest absolute Gasteiger partial charge is 0.325 e. The number of ether oxygens (including phenoxy) is 3. The molecule has 164 valence electrons. The van der Waals surface area contributed by atoms with E-state index in [0.29, 0.717) is 30.3 Å². The van der Waals surface area contributed by atoms with Crippen LogP contribution in [0.15, 0.2) is 53.4 Å². The molecule has 31 heavy (non-hydrogen) atoms. The highest BCUT2D eigenvalue weighted by Gasteiger charge is 2.44. The van der Waals surface area contributed by atoms with Gasteiger partial charge >= 0.3 is 5.97 Å². The van der Waals surface area contributed by atoms with Crippen LogP contribution >= 0.6 is 0 Å². The number of rotatable bonds is 6. The number of carbonyl (C=O) groups excluding carboxylic acids is 2. The molecule has 0 aromatic heterocycles. The fourth-order valence-corrected chi connectivity index (χ4v) is 5.17. The van der Waals surface area contributed by atoms with E-state index in [4.69, 9.17) is 14.2 Å². The standard InChI is InChI=1S/C21H21NO8S/c23-15-10-17(21(25)30-13-18(24)14-4-2-1-3-5-14)22(12-15)31(26,27)16-6-7-19-20(11-16)29-9-8-28-19/h1-7,11,15,17,23H,8-10,12-13H2/t15-,17+/m1/s1. The molecule has 0 spiro atoms. The van der Waals surface area contributed by atoms with Gasteiger partial charge < -0.3 is 19.3 Å². The van der Waals surface area contributed by atoms with E-state index in [1.807, 2.05) is 0 Å². The predicted octanol–water partition coefficient (Wildman–Crippen LogP) is 1.01. The summed E-state index contributed by atoms with van der Waals surface area (Å²) in [6.45, 7) is -0.118. The molecule has 1 fully saturated rings. The highest BCUT2D eigenvalue weighted by atomic mass is 32.2. The zero-order chi connectivity index (χ0) is 22.0. The monoisotopic (exact) mass is 447 g/mol. The number of β-amino-alcohol motifs (C(OH)–C–C–N with tert-alkyl or cyclic N) is 1. The molecule has 1 N–H and O–H groups in total. The molecule has 2 atom stereocenters. The predicted molar refractivity (Wildman–Crippen MR) is 107 cm³/mol. The summed E-state index contributed by atoms with van der Waals surface area (Å²) in [6, 6.07) is 11.2. The molecule has 0 aliphatic carbocycles. The van der Waals surface area contributed by atoms with E-state index in [0.717, 1.165) is 4.31 Å². The van der Waals surface area contributed by atoms with Crippen LogP contribution in [-0.4, -0.2) is 68.1 Å². The van der Waals surface area contributed by atoms with Crippen molar-refractivity contribution in [3.05, 3.63) is 54.1 Å². The lowest BCUT2D eigenvalue weighted by molar-refractivity contribution is -0.146. The van der Waals surface area contributed by atoms with E-state index in [9.17, 15) is 23.1 Å². The van der Waals surface area contributed by atoms with Crippen molar-refractivity contribution in [2.24, 2.45) is 0 Å². The van der Waals surface area contributed by atoms with Gasteiger partial charge in [0, 0.05) is 24.6 Å². The number of aliphatic hydroxyl groups is 1. The van der Waals surface area contributed by atoms with Gasteiger partial charge in [-0.25, -0.2) is 8.42 Å². The topological polar surface area (TPSA) is 119 Å². The van der Waals surface area contributed by atoms with Crippen LogP contribution < -0.4 is 9.47 Å². The number of hydrogen-bond acceptors (Lipinski definition) is 8. The van der Waals surface area contributed by atoms with Gasteiger partial charge in [-0.2, -0.15) is 4.31 Å². The van der Waals surface area contributed by atoms with E-state index >= 15 is 0 Å². The molecule has 0 bridgehead atoms. The van der Waals surface area contributed by atoms with Crippen molar-refractivity contribution in [3.8, 4) is 11.5 Å². The first-order valence-corrected chi connectivity index (χ1v) is 11.1. The molecule has 2 aliphatic heterocycles. The molecule has 1 saturated heterocycles. The van der Waals surface area contributed by atoms with Gasteiger partial charge in [0.25, 0.3) is 0 Å². The molecule has 4 rings (SSSR count). The first-order valence-electron chi connectivity index (χ1n) is 9.70. The molecular formula is C21H21NO8S. The number of hydrogen-bond donors (Lipinski definition) is 1. The molecule has 2 aliphatic rings. The number of benzene rings is 2. The fourth-order valence-electron chi connectivity index (χ4n) is 3.52. The number of ketones is 1. The summed E-state index contributed by atoms with van der Waals surface area (Å²) in [5.41, 5.74) is 0.377. The summed E-state index contributed by atoms with van der Waals surface area (Å²) in [5.74, 6) is -0.572. The van der Waals surface area contributed by atoms with Crippen molar-refractivity contribution in [3.63, 3.8) is 0 Å². The maximum absolute atomic E-state index is 13.2. The van der Waals surface area contributed by atoms with Crippen molar-refractivity contribution < 1.29 is 37.3 Å². The van der Waals surface area contributed by atoms with E-state index in [1.165, 1.54) is 18.2 Å². The fraction of sp³-hybridized carbons (Fsp3) is 0.333. The third-order valence-corrected chi connectivity index (χ3v) is 6.94. The Morgan fingerprint density at radius 2 is 1.77 bits per heavy atom. The van der Waals surface area contributed by atoms with Crippen molar-refractivity contribution >= 4 is 21.8 Å². The number of aliphatic hydroxyl groups excluding tert-OH is 1. The first kappa shape index (κ1) is 21.3. The third kappa shape index (κ3) is 4.41. The van der Waals surface area contributed by atoms with Gasteiger partial charge in [-0.3, -0.25) is 9.59 Å². The quantitative estimate of drug-likeness (QED) is 0.515. The Hall–Kier alpha value is -2.95. The number of sulfonamides is 1. The molecule has 0 amide bonds. The molecule has 10 heteroatoms. The lowest BCUT2D eigenvalue weighted by Gasteiger charge is -2.24. The molecule has 0 unspecified atom stereocenters. The molecule has 0 saturated carbocycles. The van der Waals surface area contributed by atoms with Gasteiger partial charge in [-0.1, -0.05) is 30.3 Å². The van der Waals surface area contributed by atoms with Crippen LogP contribution in [0.2, 0.25) is 0 Å². The van der Waals surface area contributed by atoms with E-state index in [2.05, 4.69) is 0 Å². The average molecular weight is 447 g/mol. The van der Waals surface area contributed by atoms with E-state index in [-0.39, 0.29) is 17.9 Å². The highest BCUT2D eigenvalue weighted by Crippen LogP contribution is 2.35. The van der Waals surface area contributed by atoms with Crippen LogP contribution in [0.25, 0.3) is 0 Å². The van der Waals surface area contributed by atoms with Gasteiger partial charge in [0.05, 0.1) is 11.0 Å². The van der Waals surface area contributed by atoms with E-state index in [1.54, 1.807) is 30.3 Å². The molecule has 2 aromatic carbocycles. The zero-order valence-corrected chi connectivity index (χ0v) is 17.3. The van der Waals surface area contributed by atoms with E-state index < -0.39 is 40.5 Å². The van der Waals surface area contributed by atoms with Crippen LogP contribution in [0.3, 0.4) is 0 Å². The normalized spacial score (nSPS) is 20.9. The minimum atomic E-state index is -4.14. The van der Waals surface area contributed by atoms with Crippen LogP contribution in [0.1, 0.15) is 16.8 Å². The van der Waals surface area contributed by atoms with Crippen molar-refractivity contribution in [1.29, 1.82) is 0 Å². The van der Waals surface area contributed by atoms with Crippen molar-refractivity contribution in [2.45, 2.75) is 23.5 Å². The minimum Gasteiger partial charge on any atom is -0.486 e. The largest absolute Gasteiger partial charge is 0.486 e. The number of esters is 1. The highest BCUT2D eigenvalue weighted by molar-refractivity contribution is 7.89. The zero-order valence-electron chi connectivity index (χ0n) is 16.5. The number of nitrogens with zero attached hydrogens (tertiary/aromatic N) is 1. The Morgan fingerprint density at radius 3 is 2.52 bits per heavy atom. The minimum absolute atomic E-state index is 0.0935. The second kappa shape index (κ2) is 8.66. The molecular weight excluding hydrogens is 426 g/mol. The number of Topliss-reactive ketones (excluding diaryl/α,β-unsaturated/α-hetero) is 1. The second-order valence-corrected chi connectivity index (χ2v) is 9.07. The Bertz CT molecular complexity index is 1090. The van der Waals surface area contributed by atoms with Gasteiger partial charge in [-0.05, 0) is 12.1 Å². The van der Waals surface area contributed by atoms with Crippen molar-refractivity contribution in [1.82, 2.24) is 4.31 Å². The summed E-state index contributed by atoms with van der Waals surface area (Å²) in [7, 11) is -4.14. The SMILES string of the molecule is O=C(COC(=O)[C@@H]1C[C@@H](O)CN1S(=O)(=O)c1ccc2c(c1)OCCO2)c1ccccc1. The number of carbonyl (C=O) groups is 2. The Balaban J connectivity index is 1.50. The van der Waals surface area contributed by atoms with Crippen molar-refractivity contribution in [2.75, 3.05) is 26.4 Å². The van der Waals surface area contributed by atoms with Crippen LogP contribution in [-0.2, 0) is 19.6 Å². The maximum Gasteiger partial charge on any atom is 0.325 e. The van der Waals surface area contributed by atoms with Gasteiger partial charge in [-0.15, -0.1) is 0 Å². The Kier molecular flexibility index (Phi) is 5.94. The molecule has 9 nitrogen and oxygen atoms in total. The summed E-state index contributed by atoms with van der Waals surface area (Å²) in [4.78, 5) is 24.7. The Labute approximate surface area is 179 Å². The molecule has 2 aromatic rings. The number of fused-ring (bicyclic) bond motifs is 1. The second-order valence-electron chi connectivity index (χ2n) is 7.18. The summed E-state index contributed by atoms with van der Waals surface area (Å²) < 4.78 is 43.2. The average Bonchev–Trinajstić information content (AvgIpc) is 3.20. The Morgan fingerprint density at radius 1 is 1.06 bits per heavy atom. The third-order valence-electron chi connectivity index (χ3n) is 5.07. The molecule has 0 radical (unpaired) electrons. The van der Waals surface area contributed by atoms with Gasteiger partial charge in [0.1, 0.15) is 19.3 Å². The van der Waals surface area contributed by atoms with Gasteiger partial charge in [0.2, 0.25) is 10.0 Å². The lowest BCUT2D eigenvalue weighted by atomic mass is 10.1. The summed E-state index contributed by atoms with van der Waals surface area (Å²) in [6.07, 6.45) is -1.16.